The lowest BCUT2D eigenvalue weighted by Crippen LogP contribution is -2.22. The van der Waals surface area contributed by atoms with E-state index in [-0.39, 0.29) is 11.7 Å². The lowest BCUT2D eigenvalue weighted by atomic mass is 10.1. The Hall–Kier alpha value is -2.95. The molecule has 0 atom stereocenters. The first-order valence-electron chi connectivity index (χ1n) is 7.81. The van der Waals surface area contributed by atoms with Crippen molar-refractivity contribution in [2.75, 3.05) is 0 Å². The summed E-state index contributed by atoms with van der Waals surface area (Å²) in [6.07, 6.45) is 4.48. The molecular formula is C19H18FN3O. The van der Waals surface area contributed by atoms with E-state index in [1.54, 1.807) is 16.9 Å². The van der Waals surface area contributed by atoms with Crippen LogP contribution >= 0.6 is 0 Å². The van der Waals surface area contributed by atoms with Crippen molar-refractivity contribution in [1.29, 1.82) is 0 Å². The molecule has 0 unspecified atom stereocenters. The van der Waals surface area contributed by atoms with E-state index in [4.69, 9.17) is 0 Å². The minimum atomic E-state index is -0.277. The second-order valence-electron chi connectivity index (χ2n) is 5.54. The number of hydrogen-bond donors (Lipinski definition) is 1. The average molecular weight is 323 g/mol. The van der Waals surface area contributed by atoms with Crippen LogP contribution in [0.15, 0.2) is 67.0 Å². The SMILES string of the molecule is O=C(CCc1cccc(F)c1)NCc1cnn(-c2ccccc2)c1. The predicted octanol–water partition coefficient (Wildman–Crippen LogP) is 3.26. The fourth-order valence-electron chi connectivity index (χ4n) is 2.41. The minimum absolute atomic E-state index is 0.0632. The summed E-state index contributed by atoms with van der Waals surface area (Å²) in [5, 5.41) is 7.15. The summed E-state index contributed by atoms with van der Waals surface area (Å²) in [6.45, 7) is 0.425. The maximum Gasteiger partial charge on any atom is 0.220 e. The molecule has 3 rings (SSSR count). The summed E-state index contributed by atoms with van der Waals surface area (Å²) in [5.74, 6) is -0.340. The van der Waals surface area contributed by atoms with Crippen LogP contribution in [-0.4, -0.2) is 15.7 Å². The summed E-state index contributed by atoms with van der Waals surface area (Å²) in [5.41, 5.74) is 2.72. The highest BCUT2D eigenvalue weighted by Crippen LogP contribution is 2.08. The molecule has 122 valence electrons. The molecule has 0 spiro atoms. The van der Waals surface area contributed by atoms with E-state index in [1.807, 2.05) is 42.6 Å². The quantitative estimate of drug-likeness (QED) is 0.757. The summed E-state index contributed by atoms with van der Waals surface area (Å²) in [4.78, 5) is 11.9. The third-order valence-electron chi connectivity index (χ3n) is 3.68. The molecule has 2 aromatic carbocycles. The Morgan fingerprint density at radius 3 is 2.71 bits per heavy atom. The van der Waals surface area contributed by atoms with Crippen LogP contribution in [0.5, 0.6) is 0 Å². The third-order valence-corrected chi connectivity index (χ3v) is 3.68. The van der Waals surface area contributed by atoms with Gasteiger partial charge in [0, 0.05) is 24.7 Å². The van der Waals surface area contributed by atoms with Crippen molar-refractivity contribution >= 4 is 5.91 Å². The number of para-hydroxylation sites is 1. The van der Waals surface area contributed by atoms with E-state index in [0.29, 0.717) is 19.4 Å². The van der Waals surface area contributed by atoms with Crippen molar-refractivity contribution in [3.8, 4) is 5.69 Å². The molecule has 4 nitrogen and oxygen atoms in total. The number of benzene rings is 2. The first-order valence-corrected chi connectivity index (χ1v) is 7.81. The molecule has 0 fully saturated rings. The topological polar surface area (TPSA) is 46.9 Å². The molecule has 0 bridgehead atoms. The zero-order valence-electron chi connectivity index (χ0n) is 13.2. The molecule has 0 saturated heterocycles. The van der Waals surface area contributed by atoms with Crippen LogP contribution in [0.25, 0.3) is 5.69 Å². The second-order valence-corrected chi connectivity index (χ2v) is 5.54. The van der Waals surface area contributed by atoms with Gasteiger partial charge >= 0.3 is 0 Å². The summed E-state index contributed by atoms with van der Waals surface area (Å²) in [7, 11) is 0. The van der Waals surface area contributed by atoms with E-state index in [2.05, 4.69) is 10.4 Å². The molecule has 0 radical (unpaired) electrons. The molecule has 1 aromatic heterocycles. The molecule has 1 N–H and O–H groups in total. The maximum absolute atomic E-state index is 13.1. The van der Waals surface area contributed by atoms with Gasteiger partial charge in [0.25, 0.3) is 0 Å². The standard InChI is InChI=1S/C19H18FN3O/c20-17-6-4-5-15(11-17)9-10-19(24)21-12-16-13-22-23(14-16)18-7-2-1-3-8-18/h1-8,11,13-14H,9-10,12H2,(H,21,24). The number of halogens is 1. The molecule has 1 amide bonds. The number of nitrogens with one attached hydrogen (secondary N) is 1. The van der Waals surface area contributed by atoms with Gasteiger partial charge in [-0.25, -0.2) is 9.07 Å². The monoisotopic (exact) mass is 323 g/mol. The predicted molar refractivity (Wildman–Crippen MR) is 90.1 cm³/mol. The van der Waals surface area contributed by atoms with Crippen LogP contribution in [0.2, 0.25) is 0 Å². The zero-order chi connectivity index (χ0) is 16.8. The van der Waals surface area contributed by atoms with E-state index in [0.717, 1.165) is 16.8 Å². The second kappa shape index (κ2) is 7.55. The largest absolute Gasteiger partial charge is 0.352 e. The first kappa shape index (κ1) is 15.9. The smallest absolute Gasteiger partial charge is 0.220 e. The van der Waals surface area contributed by atoms with Gasteiger partial charge in [0.05, 0.1) is 11.9 Å². The summed E-state index contributed by atoms with van der Waals surface area (Å²) in [6, 6.07) is 16.1. The summed E-state index contributed by atoms with van der Waals surface area (Å²) >= 11 is 0. The number of carbonyl (C=O) groups is 1. The molecule has 0 aliphatic heterocycles. The first-order chi connectivity index (χ1) is 11.7. The number of aryl methyl sites for hydroxylation is 1. The van der Waals surface area contributed by atoms with Crippen molar-refractivity contribution in [3.63, 3.8) is 0 Å². The number of nitrogens with zero attached hydrogens (tertiary/aromatic N) is 2. The number of carbonyl (C=O) groups excluding carboxylic acids is 1. The molecule has 5 heteroatoms. The Kier molecular flexibility index (Phi) is 5.01. The number of amides is 1. The van der Waals surface area contributed by atoms with Crippen LogP contribution in [0, 0.1) is 5.82 Å². The van der Waals surface area contributed by atoms with Crippen molar-refractivity contribution in [1.82, 2.24) is 15.1 Å². The summed E-state index contributed by atoms with van der Waals surface area (Å²) < 4.78 is 14.9. The fourth-order valence-corrected chi connectivity index (χ4v) is 2.41. The average Bonchev–Trinajstić information content (AvgIpc) is 3.08. The van der Waals surface area contributed by atoms with E-state index < -0.39 is 0 Å². The molecule has 3 aromatic rings. The maximum atomic E-state index is 13.1. The Balaban J connectivity index is 1.49. The number of rotatable bonds is 6. The zero-order valence-corrected chi connectivity index (χ0v) is 13.2. The molecule has 0 aliphatic rings. The lowest BCUT2D eigenvalue weighted by Gasteiger charge is -2.04. The van der Waals surface area contributed by atoms with Crippen LogP contribution in [-0.2, 0) is 17.8 Å². The normalized spacial score (nSPS) is 10.5. The van der Waals surface area contributed by atoms with Crippen molar-refractivity contribution in [2.24, 2.45) is 0 Å². The van der Waals surface area contributed by atoms with Gasteiger partial charge in [0.1, 0.15) is 5.82 Å². The number of aromatic nitrogens is 2. The van der Waals surface area contributed by atoms with Gasteiger partial charge in [-0.3, -0.25) is 4.79 Å². The molecule has 0 saturated carbocycles. The molecule has 1 heterocycles. The Bertz CT molecular complexity index is 814. The molecule has 24 heavy (non-hydrogen) atoms. The fraction of sp³-hybridized carbons (Fsp3) is 0.158. The van der Waals surface area contributed by atoms with Crippen molar-refractivity contribution < 1.29 is 9.18 Å². The van der Waals surface area contributed by atoms with Crippen LogP contribution in [0.4, 0.5) is 4.39 Å². The number of hydrogen-bond acceptors (Lipinski definition) is 2. The highest BCUT2D eigenvalue weighted by atomic mass is 19.1. The minimum Gasteiger partial charge on any atom is -0.352 e. The Labute approximate surface area is 139 Å². The van der Waals surface area contributed by atoms with Gasteiger partial charge in [0.2, 0.25) is 5.91 Å². The van der Waals surface area contributed by atoms with Gasteiger partial charge < -0.3 is 5.32 Å². The van der Waals surface area contributed by atoms with E-state index in [9.17, 15) is 9.18 Å². The third kappa shape index (κ3) is 4.29. The van der Waals surface area contributed by atoms with Gasteiger partial charge in [-0.1, -0.05) is 30.3 Å². The lowest BCUT2D eigenvalue weighted by molar-refractivity contribution is -0.121. The molecule has 0 aliphatic carbocycles. The Morgan fingerprint density at radius 1 is 1.08 bits per heavy atom. The van der Waals surface area contributed by atoms with Crippen LogP contribution in [0.3, 0.4) is 0 Å². The van der Waals surface area contributed by atoms with Crippen LogP contribution in [0.1, 0.15) is 17.5 Å². The Morgan fingerprint density at radius 2 is 1.92 bits per heavy atom. The van der Waals surface area contributed by atoms with Crippen LogP contribution < -0.4 is 5.32 Å². The van der Waals surface area contributed by atoms with Crippen molar-refractivity contribution in [2.45, 2.75) is 19.4 Å². The van der Waals surface area contributed by atoms with Crippen molar-refractivity contribution in [3.05, 3.63) is 83.9 Å². The highest BCUT2D eigenvalue weighted by Gasteiger charge is 2.05. The van der Waals surface area contributed by atoms with Gasteiger partial charge in [-0.05, 0) is 36.2 Å². The van der Waals surface area contributed by atoms with Gasteiger partial charge in [0.15, 0.2) is 0 Å². The van der Waals surface area contributed by atoms with E-state index in [1.165, 1.54) is 12.1 Å². The van der Waals surface area contributed by atoms with Gasteiger partial charge in [-0.15, -0.1) is 0 Å². The molecular weight excluding hydrogens is 305 g/mol. The van der Waals surface area contributed by atoms with Gasteiger partial charge in [-0.2, -0.15) is 5.10 Å². The van der Waals surface area contributed by atoms with E-state index >= 15 is 0 Å². The highest BCUT2D eigenvalue weighted by molar-refractivity contribution is 5.76.